The first kappa shape index (κ1) is 21.6. The minimum absolute atomic E-state index is 0.0780. The fraction of sp³-hybridized carbons (Fsp3) is 0.500. The Morgan fingerprint density at radius 2 is 1.85 bits per heavy atom. The SMILES string of the molecule is CC(COc1ccc(C#N)cc1)NC(=O)[C@@H](NC(=O)OCCCl)C(C)C. The Kier molecular flexibility index (Phi) is 9.31. The average molecular weight is 382 g/mol. The summed E-state index contributed by atoms with van der Waals surface area (Å²) in [6.45, 7) is 5.77. The number of hydrogen-bond donors (Lipinski definition) is 2. The van der Waals surface area contributed by atoms with E-state index in [1.165, 1.54) is 0 Å². The monoisotopic (exact) mass is 381 g/mol. The third kappa shape index (κ3) is 7.62. The molecule has 0 aliphatic rings. The third-order valence-corrected chi connectivity index (χ3v) is 3.56. The zero-order chi connectivity index (χ0) is 19.5. The first-order valence-electron chi connectivity index (χ1n) is 8.30. The summed E-state index contributed by atoms with van der Waals surface area (Å²) < 4.78 is 10.4. The van der Waals surface area contributed by atoms with E-state index in [2.05, 4.69) is 10.6 Å². The second-order valence-corrected chi connectivity index (χ2v) is 6.43. The van der Waals surface area contributed by atoms with Crippen LogP contribution in [0, 0.1) is 17.2 Å². The largest absolute Gasteiger partial charge is 0.491 e. The summed E-state index contributed by atoms with van der Waals surface area (Å²) in [6, 6.07) is 7.73. The van der Waals surface area contributed by atoms with Crippen LogP contribution in [0.1, 0.15) is 26.3 Å². The lowest BCUT2D eigenvalue weighted by atomic mass is 10.0. The predicted octanol–water partition coefficient (Wildman–Crippen LogP) is 2.43. The molecule has 0 spiro atoms. The van der Waals surface area contributed by atoms with Crippen molar-refractivity contribution in [2.45, 2.75) is 32.9 Å². The van der Waals surface area contributed by atoms with Gasteiger partial charge in [-0.1, -0.05) is 13.8 Å². The summed E-state index contributed by atoms with van der Waals surface area (Å²) in [5, 5.41) is 14.1. The minimum atomic E-state index is -0.727. The van der Waals surface area contributed by atoms with Crippen molar-refractivity contribution >= 4 is 23.6 Å². The standard InChI is InChI=1S/C18H24ClN3O4/c1-12(2)16(22-18(24)25-9-8-19)17(23)21-13(3)11-26-15-6-4-14(10-20)5-7-15/h4-7,12-13,16H,8-9,11H2,1-3H3,(H,21,23)(H,22,24)/t13?,16-/m0/s1. The van der Waals surface area contributed by atoms with Gasteiger partial charge < -0.3 is 20.1 Å². The van der Waals surface area contributed by atoms with E-state index in [0.29, 0.717) is 11.3 Å². The van der Waals surface area contributed by atoms with Crippen LogP contribution in [0.4, 0.5) is 4.79 Å². The van der Waals surface area contributed by atoms with Gasteiger partial charge in [-0.15, -0.1) is 11.6 Å². The van der Waals surface area contributed by atoms with Crippen LogP contribution >= 0.6 is 11.6 Å². The number of alkyl carbamates (subject to hydrolysis) is 1. The molecule has 0 heterocycles. The summed E-state index contributed by atoms with van der Waals surface area (Å²) >= 11 is 5.46. The molecule has 1 aromatic rings. The van der Waals surface area contributed by atoms with Gasteiger partial charge in [0.05, 0.1) is 23.6 Å². The first-order valence-corrected chi connectivity index (χ1v) is 8.83. The lowest BCUT2D eigenvalue weighted by Gasteiger charge is -2.23. The molecule has 142 valence electrons. The fourth-order valence-corrected chi connectivity index (χ4v) is 2.13. The minimum Gasteiger partial charge on any atom is -0.491 e. The number of nitriles is 1. The van der Waals surface area contributed by atoms with E-state index in [-0.39, 0.29) is 37.0 Å². The molecule has 2 amide bonds. The van der Waals surface area contributed by atoms with E-state index in [0.717, 1.165) is 0 Å². The fourth-order valence-electron chi connectivity index (χ4n) is 2.06. The Bertz CT molecular complexity index is 628. The van der Waals surface area contributed by atoms with Gasteiger partial charge in [0.2, 0.25) is 5.91 Å². The van der Waals surface area contributed by atoms with E-state index in [4.69, 9.17) is 26.3 Å². The number of amides is 2. The van der Waals surface area contributed by atoms with Gasteiger partial charge in [0.1, 0.15) is 25.0 Å². The Hall–Kier alpha value is -2.46. The molecule has 0 radical (unpaired) electrons. The van der Waals surface area contributed by atoms with Crippen LogP contribution in [0.25, 0.3) is 0 Å². The highest BCUT2D eigenvalue weighted by molar-refractivity contribution is 6.18. The van der Waals surface area contributed by atoms with E-state index in [9.17, 15) is 9.59 Å². The molecule has 0 aromatic heterocycles. The highest BCUT2D eigenvalue weighted by Crippen LogP contribution is 2.12. The Morgan fingerprint density at radius 1 is 1.19 bits per heavy atom. The second kappa shape index (κ2) is 11.2. The smallest absolute Gasteiger partial charge is 0.407 e. The molecule has 1 rings (SSSR count). The van der Waals surface area contributed by atoms with Crippen LogP contribution in [-0.2, 0) is 9.53 Å². The van der Waals surface area contributed by atoms with Crippen molar-refractivity contribution in [3.8, 4) is 11.8 Å². The molecule has 1 aromatic carbocycles. The Balaban J connectivity index is 2.50. The zero-order valence-electron chi connectivity index (χ0n) is 15.1. The molecule has 2 N–H and O–H groups in total. The molecule has 0 aliphatic heterocycles. The van der Waals surface area contributed by atoms with Gasteiger partial charge in [0, 0.05) is 0 Å². The maximum atomic E-state index is 12.4. The topological polar surface area (TPSA) is 100 Å². The quantitative estimate of drug-likeness (QED) is 0.640. The summed E-state index contributed by atoms with van der Waals surface area (Å²) in [6.07, 6.45) is -0.680. The second-order valence-electron chi connectivity index (χ2n) is 6.05. The first-order chi connectivity index (χ1) is 12.4. The summed E-state index contributed by atoms with van der Waals surface area (Å²) in [5.74, 6) is 0.354. The van der Waals surface area contributed by atoms with Gasteiger partial charge in [0.25, 0.3) is 0 Å². The van der Waals surface area contributed by atoms with Crippen LogP contribution in [0.2, 0.25) is 0 Å². The molecule has 1 unspecified atom stereocenters. The number of nitrogens with one attached hydrogen (secondary N) is 2. The summed E-state index contributed by atoms with van der Waals surface area (Å²) in [5.41, 5.74) is 0.547. The summed E-state index contributed by atoms with van der Waals surface area (Å²) in [7, 11) is 0. The lowest BCUT2D eigenvalue weighted by Crippen LogP contribution is -2.52. The Morgan fingerprint density at radius 3 is 2.38 bits per heavy atom. The number of alkyl halides is 1. The molecule has 8 heteroatoms. The van der Waals surface area contributed by atoms with Crippen molar-refractivity contribution in [1.29, 1.82) is 5.26 Å². The predicted molar refractivity (Wildman–Crippen MR) is 98.1 cm³/mol. The number of rotatable bonds is 9. The third-order valence-electron chi connectivity index (χ3n) is 3.40. The zero-order valence-corrected chi connectivity index (χ0v) is 15.9. The normalized spacial score (nSPS) is 12.6. The molecular formula is C18H24ClN3O4. The van der Waals surface area contributed by atoms with Gasteiger partial charge in [-0.3, -0.25) is 4.79 Å². The molecular weight excluding hydrogens is 358 g/mol. The molecule has 0 aliphatic carbocycles. The Labute approximate surface area is 158 Å². The highest BCUT2D eigenvalue weighted by atomic mass is 35.5. The molecule has 2 atom stereocenters. The maximum Gasteiger partial charge on any atom is 0.407 e. The van der Waals surface area contributed by atoms with Crippen molar-refractivity contribution in [3.63, 3.8) is 0 Å². The highest BCUT2D eigenvalue weighted by Gasteiger charge is 2.25. The number of benzene rings is 1. The number of halogens is 1. The molecule has 7 nitrogen and oxygen atoms in total. The molecule has 0 saturated heterocycles. The maximum absolute atomic E-state index is 12.4. The van der Waals surface area contributed by atoms with E-state index < -0.39 is 12.1 Å². The molecule has 26 heavy (non-hydrogen) atoms. The van der Waals surface area contributed by atoms with Gasteiger partial charge in [0.15, 0.2) is 0 Å². The number of hydrogen-bond acceptors (Lipinski definition) is 5. The van der Waals surface area contributed by atoms with Gasteiger partial charge in [-0.2, -0.15) is 5.26 Å². The molecule has 0 bridgehead atoms. The number of ether oxygens (including phenoxy) is 2. The number of nitrogens with zero attached hydrogens (tertiary/aromatic N) is 1. The van der Waals surface area contributed by atoms with Gasteiger partial charge >= 0.3 is 6.09 Å². The van der Waals surface area contributed by atoms with Crippen molar-refractivity contribution in [2.75, 3.05) is 19.1 Å². The van der Waals surface area contributed by atoms with Crippen LogP contribution in [0.15, 0.2) is 24.3 Å². The number of carbonyl (C=O) groups excluding carboxylic acids is 2. The summed E-state index contributed by atoms with van der Waals surface area (Å²) in [4.78, 5) is 24.1. The van der Waals surface area contributed by atoms with Crippen LogP contribution < -0.4 is 15.4 Å². The van der Waals surface area contributed by atoms with Crippen LogP contribution in [0.3, 0.4) is 0 Å². The van der Waals surface area contributed by atoms with Gasteiger partial charge in [-0.05, 0) is 37.1 Å². The molecule has 0 fully saturated rings. The van der Waals surface area contributed by atoms with E-state index in [1.54, 1.807) is 31.2 Å². The lowest BCUT2D eigenvalue weighted by molar-refractivity contribution is -0.124. The molecule has 0 saturated carbocycles. The van der Waals surface area contributed by atoms with Crippen molar-refractivity contribution in [1.82, 2.24) is 10.6 Å². The van der Waals surface area contributed by atoms with Crippen molar-refractivity contribution in [2.24, 2.45) is 5.92 Å². The van der Waals surface area contributed by atoms with Crippen LogP contribution in [-0.4, -0.2) is 43.2 Å². The van der Waals surface area contributed by atoms with Gasteiger partial charge in [-0.25, -0.2) is 4.79 Å². The van der Waals surface area contributed by atoms with E-state index in [1.807, 2.05) is 19.9 Å². The van der Waals surface area contributed by atoms with Crippen molar-refractivity contribution in [3.05, 3.63) is 29.8 Å². The van der Waals surface area contributed by atoms with Crippen molar-refractivity contribution < 1.29 is 19.1 Å². The average Bonchev–Trinajstić information content (AvgIpc) is 2.62. The van der Waals surface area contributed by atoms with E-state index >= 15 is 0 Å². The van der Waals surface area contributed by atoms with Crippen LogP contribution in [0.5, 0.6) is 5.75 Å². The number of carbonyl (C=O) groups is 2.